The number of fused-ring (bicyclic) bond motifs is 3. The Morgan fingerprint density at radius 2 is 2.10 bits per heavy atom. The van der Waals surface area contributed by atoms with Gasteiger partial charge in [0.05, 0.1) is 11.0 Å². The molecule has 1 unspecified atom stereocenters. The van der Waals surface area contributed by atoms with Crippen molar-refractivity contribution in [2.75, 3.05) is 24.6 Å². The zero-order valence-electron chi connectivity index (χ0n) is 11.8. The Morgan fingerprint density at radius 3 is 3.00 bits per heavy atom. The van der Waals surface area contributed by atoms with Gasteiger partial charge in [-0.05, 0) is 37.0 Å². The fourth-order valence-corrected chi connectivity index (χ4v) is 3.17. The number of rotatable bonds is 3. The molecule has 5 heteroatoms. The van der Waals surface area contributed by atoms with Crippen LogP contribution in [-0.4, -0.2) is 39.2 Å². The molecule has 1 N–H and O–H groups in total. The number of aliphatic hydroxyl groups is 1. The van der Waals surface area contributed by atoms with Gasteiger partial charge in [0.15, 0.2) is 0 Å². The Bertz CT molecular complexity index is 782. The average molecular weight is 282 g/mol. The molecule has 0 saturated carbocycles. The van der Waals surface area contributed by atoms with Crippen molar-refractivity contribution in [3.63, 3.8) is 0 Å². The summed E-state index contributed by atoms with van der Waals surface area (Å²) in [6.45, 7) is 2.26. The second-order valence-corrected chi connectivity index (χ2v) is 5.67. The van der Waals surface area contributed by atoms with Crippen LogP contribution in [-0.2, 0) is 0 Å². The smallest absolute Gasteiger partial charge is 0.236 e. The van der Waals surface area contributed by atoms with Gasteiger partial charge in [-0.15, -0.1) is 0 Å². The van der Waals surface area contributed by atoms with Crippen molar-refractivity contribution in [1.29, 1.82) is 0 Å². The molecule has 21 heavy (non-hydrogen) atoms. The molecule has 3 heterocycles. The molecule has 0 spiro atoms. The Kier molecular flexibility index (Phi) is 3.00. The number of aliphatic hydroxyl groups excluding tert-OH is 1. The minimum absolute atomic E-state index is 0.274. The van der Waals surface area contributed by atoms with Gasteiger partial charge in [-0.25, -0.2) is 4.98 Å². The number of imidazole rings is 1. The summed E-state index contributed by atoms with van der Waals surface area (Å²) in [5.74, 6) is 2.31. The molecule has 1 fully saturated rings. The van der Waals surface area contributed by atoms with Crippen LogP contribution in [0.3, 0.4) is 0 Å². The van der Waals surface area contributed by atoms with E-state index in [2.05, 4.69) is 22.0 Å². The summed E-state index contributed by atoms with van der Waals surface area (Å²) in [6, 6.07) is 10.1. The minimum atomic E-state index is 0.274. The van der Waals surface area contributed by atoms with Crippen molar-refractivity contribution in [2.24, 2.45) is 5.92 Å². The maximum absolute atomic E-state index is 9.06. The largest absolute Gasteiger partial charge is 0.396 e. The van der Waals surface area contributed by atoms with Gasteiger partial charge in [-0.2, -0.15) is 4.98 Å². The first-order chi connectivity index (χ1) is 10.3. The van der Waals surface area contributed by atoms with Crippen LogP contribution in [0.5, 0.6) is 0 Å². The second kappa shape index (κ2) is 5.00. The van der Waals surface area contributed by atoms with Crippen LogP contribution >= 0.6 is 0 Å². The zero-order chi connectivity index (χ0) is 14.2. The maximum atomic E-state index is 9.06. The summed E-state index contributed by atoms with van der Waals surface area (Å²) in [5.41, 5.74) is 2.06. The first kappa shape index (κ1) is 12.6. The normalized spacial score (nSPS) is 18.9. The number of para-hydroxylation sites is 2. The van der Waals surface area contributed by atoms with Gasteiger partial charge in [0.25, 0.3) is 0 Å². The zero-order valence-corrected chi connectivity index (χ0v) is 11.8. The van der Waals surface area contributed by atoms with Crippen LogP contribution in [0.4, 0.5) is 5.82 Å². The maximum Gasteiger partial charge on any atom is 0.236 e. The van der Waals surface area contributed by atoms with Gasteiger partial charge in [-0.1, -0.05) is 12.1 Å². The number of benzene rings is 1. The number of hydrogen-bond acceptors (Lipinski definition) is 4. The van der Waals surface area contributed by atoms with Gasteiger partial charge < -0.3 is 10.0 Å². The minimum Gasteiger partial charge on any atom is -0.396 e. The van der Waals surface area contributed by atoms with E-state index in [1.165, 1.54) is 0 Å². The van der Waals surface area contributed by atoms with Gasteiger partial charge >= 0.3 is 0 Å². The lowest BCUT2D eigenvalue weighted by Crippen LogP contribution is -2.21. The highest BCUT2D eigenvalue weighted by atomic mass is 16.3. The van der Waals surface area contributed by atoms with Crippen LogP contribution in [0.15, 0.2) is 36.5 Å². The predicted molar refractivity (Wildman–Crippen MR) is 82.5 cm³/mol. The number of aromatic nitrogens is 3. The molecule has 0 radical (unpaired) electrons. The predicted octanol–water partition coefficient (Wildman–Crippen LogP) is 2.09. The molecule has 1 aliphatic heterocycles. The highest BCUT2D eigenvalue weighted by Gasteiger charge is 2.23. The third-order valence-corrected chi connectivity index (χ3v) is 4.31. The molecule has 1 atom stereocenters. The van der Waals surface area contributed by atoms with Crippen LogP contribution < -0.4 is 4.90 Å². The summed E-state index contributed by atoms with van der Waals surface area (Å²) >= 11 is 0. The molecular formula is C16H18N4O. The van der Waals surface area contributed by atoms with Gasteiger partial charge in [0.1, 0.15) is 5.82 Å². The summed E-state index contributed by atoms with van der Waals surface area (Å²) in [4.78, 5) is 11.6. The summed E-state index contributed by atoms with van der Waals surface area (Å²) in [6.07, 6.45) is 4.06. The van der Waals surface area contributed by atoms with Gasteiger partial charge in [-0.3, -0.25) is 4.40 Å². The molecule has 108 valence electrons. The van der Waals surface area contributed by atoms with Crippen molar-refractivity contribution >= 4 is 22.6 Å². The lowest BCUT2D eigenvalue weighted by Gasteiger charge is -2.17. The summed E-state index contributed by atoms with van der Waals surface area (Å²) < 4.78 is 2.03. The van der Waals surface area contributed by atoms with Gasteiger partial charge in [0, 0.05) is 25.9 Å². The first-order valence-corrected chi connectivity index (χ1v) is 7.45. The fraction of sp³-hybridized carbons (Fsp3) is 0.375. The molecule has 4 rings (SSSR count). The van der Waals surface area contributed by atoms with E-state index in [0.29, 0.717) is 5.92 Å². The topological polar surface area (TPSA) is 53.7 Å². The Labute approximate surface area is 122 Å². The van der Waals surface area contributed by atoms with Crippen molar-refractivity contribution < 1.29 is 5.11 Å². The molecule has 0 bridgehead atoms. The van der Waals surface area contributed by atoms with E-state index in [9.17, 15) is 0 Å². The van der Waals surface area contributed by atoms with Crippen LogP contribution in [0, 0.1) is 5.92 Å². The van der Waals surface area contributed by atoms with E-state index in [0.717, 1.165) is 48.6 Å². The lowest BCUT2D eigenvalue weighted by atomic mass is 10.1. The van der Waals surface area contributed by atoms with E-state index in [-0.39, 0.29) is 6.61 Å². The monoisotopic (exact) mass is 282 g/mol. The van der Waals surface area contributed by atoms with Crippen molar-refractivity contribution in [2.45, 2.75) is 12.8 Å². The Morgan fingerprint density at radius 1 is 1.19 bits per heavy atom. The molecule has 3 aromatic rings. The molecular weight excluding hydrogens is 264 g/mol. The molecule has 2 aromatic heterocycles. The molecule has 0 aliphatic carbocycles. The van der Waals surface area contributed by atoms with Crippen LogP contribution in [0.25, 0.3) is 16.8 Å². The average Bonchev–Trinajstić information content (AvgIpc) is 3.11. The van der Waals surface area contributed by atoms with Crippen LogP contribution in [0.2, 0.25) is 0 Å². The summed E-state index contributed by atoms with van der Waals surface area (Å²) in [5, 5.41) is 9.06. The molecule has 1 aliphatic rings. The first-order valence-electron chi connectivity index (χ1n) is 7.45. The third-order valence-electron chi connectivity index (χ3n) is 4.31. The SMILES string of the molecule is OCCC1CCN(c2ccn3c(n2)nc2ccccc23)C1. The van der Waals surface area contributed by atoms with E-state index < -0.39 is 0 Å². The number of anilines is 1. The summed E-state index contributed by atoms with van der Waals surface area (Å²) in [7, 11) is 0. The highest BCUT2D eigenvalue weighted by molar-refractivity contribution is 5.79. The standard InChI is InChI=1S/C16H18N4O/c21-10-7-12-5-8-19(11-12)15-6-9-20-14-4-2-1-3-13(14)17-16(20)18-15/h1-4,6,9,12,21H,5,7-8,10-11H2. The van der Waals surface area contributed by atoms with Gasteiger partial charge in [0.2, 0.25) is 5.78 Å². The lowest BCUT2D eigenvalue weighted by molar-refractivity contribution is 0.263. The number of hydrogen-bond donors (Lipinski definition) is 1. The molecule has 1 saturated heterocycles. The van der Waals surface area contributed by atoms with Crippen molar-refractivity contribution in [3.05, 3.63) is 36.5 Å². The van der Waals surface area contributed by atoms with E-state index in [4.69, 9.17) is 10.1 Å². The van der Waals surface area contributed by atoms with E-state index >= 15 is 0 Å². The third kappa shape index (κ3) is 2.14. The van der Waals surface area contributed by atoms with Crippen molar-refractivity contribution in [1.82, 2.24) is 14.4 Å². The van der Waals surface area contributed by atoms with E-state index in [1.54, 1.807) is 0 Å². The van der Waals surface area contributed by atoms with E-state index in [1.807, 2.05) is 28.8 Å². The van der Waals surface area contributed by atoms with Crippen LogP contribution in [0.1, 0.15) is 12.8 Å². The second-order valence-electron chi connectivity index (χ2n) is 5.67. The number of nitrogens with zero attached hydrogens (tertiary/aromatic N) is 4. The quantitative estimate of drug-likeness (QED) is 0.799. The molecule has 1 aromatic carbocycles. The molecule has 5 nitrogen and oxygen atoms in total. The highest BCUT2D eigenvalue weighted by Crippen LogP contribution is 2.25. The molecule has 0 amide bonds. The Hall–Kier alpha value is -2.14. The van der Waals surface area contributed by atoms with Crippen molar-refractivity contribution in [3.8, 4) is 0 Å². The fourth-order valence-electron chi connectivity index (χ4n) is 3.17. The Balaban J connectivity index is 1.69.